The Balaban J connectivity index is 1.91. The fourth-order valence-corrected chi connectivity index (χ4v) is 4.78. The van der Waals surface area contributed by atoms with E-state index in [0.717, 1.165) is 9.87 Å². The van der Waals surface area contributed by atoms with Crippen molar-refractivity contribution in [2.45, 2.75) is 18.4 Å². The van der Waals surface area contributed by atoms with E-state index in [2.05, 4.69) is 5.32 Å². The Morgan fingerprint density at radius 2 is 1.73 bits per heavy atom. The molecule has 174 valence electrons. The number of nitrogens with one attached hydrogen (secondary N) is 1. The molecule has 0 saturated carbocycles. The number of amides is 1. The zero-order chi connectivity index (χ0) is 24.0. The first-order valence-corrected chi connectivity index (χ1v) is 11.9. The van der Waals surface area contributed by atoms with Crippen LogP contribution >= 0.6 is 11.6 Å². The first-order chi connectivity index (χ1) is 15.7. The number of sulfonamides is 1. The summed E-state index contributed by atoms with van der Waals surface area (Å²) >= 11 is 6.08. The van der Waals surface area contributed by atoms with Crippen molar-refractivity contribution >= 4 is 33.2 Å². The summed E-state index contributed by atoms with van der Waals surface area (Å²) in [5.41, 5.74) is 1.96. The lowest BCUT2D eigenvalue weighted by atomic mass is 10.2. The zero-order valence-electron chi connectivity index (χ0n) is 18.5. The fourth-order valence-electron chi connectivity index (χ4n) is 3.19. The van der Waals surface area contributed by atoms with Gasteiger partial charge in [0.25, 0.3) is 0 Å². The van der Waals surface area contributed by atoms with Crippen molar-refractivity contribution in [3.8, 4) is 11.5 Å². The monoisotopic (exact) mass is 488 g/mol. The van der Waals surface area contributed by atoms with E-state index in [-0.39, 0.29) is 11.4 Å². The van der Waals surface area contributed by atoms with Gasteiger partial charge < -0.3 is 14.8 Å². The van der Waals surface area contributed by atoms with Crippen LogP contribution < -0.4 is 14.8 Å². The summed E-state index contributed by atoms with van der Waals surface area (Å²) in [5, 5.41) is 3.20. The number of hydrogen-bond donors (Lipinski definition) is 1. The van der Waals surface area contributed by atoms with Crippen LogP contribution in [0.15, 0.2) is 71.6 Å². The van der Waals surface area contributed by atoms with Crippen LogP contribution in [0.2, 0.25) is 5.02 Å². The van der Waals surface area contributed by atoms with Crippen LogP contribution in [0.25, 0.3) is 0 Å². The van der Waals surface area contributed by atoms with Gasteiger partial charge in [-0.05, 0) is 48.9 Å². The van der Waals surface area contributed by atoms with Crippen molar-refractivity contribution in [3.63, 3.8) is 0 Å². The second kappa shape index (κ2) is 10.7. The largest absolute Gasteiger partial charge is 0.497 e. The number of nitrogens with zero attached hydrogens (tertiary/aromatic N) is 1. The number of carbonyl (C=O) groups excluding carboxylic acids is 1. The minimum Gasteiger partial charge on any atom is -0.497 e. The maximum atomic E-state index is 13.4. The molecule has 0 atom stereocenters. The molecule has 0 radical (unpaired) electrons. The summed E-state index contributed by atoms with van der Waals surface area (Å²) in [6, 6.07) is 18.3. The zero-order valence-corrected chi connectivity index (χ0v) is 20.1. The highest BCUT2D eigenvalue weighted by molar-refractivity contribution is 7.89. The third-order valence-electron chi connectivity index (χ3n) is 4.91. The standard InChI is InChI=1S/C24H25ClN2O5S/c1-17-7-10-21(11-8-17)33(29,30)27(15-18-5-4-6-19(25)13-18)16-24(28)26-22-14-20(31-2)9-12-23(22)32-3/h4-14H,15-16H2,1-3H3,(H,26,28). The quantitative estimate of drug-likeness (QED) is 0.479. The molecule has 0 spiro atoms. The Morgan fingerprint density at radius 1 is 1.00 bits per heavy atom. The molecule has 0 aliphatic carbocycles. The molecule has 7 nitrogen and oxygen atoms in total. The SMILES string of the molecule is COc1ccc(OC)c(NC(=O)CN(Cc2cccc(Cl)c2)S(=O)(=O)c2ccc(C)cc2)c1. The maximum Gasteiger partial charge on any atom is 0.243 e. The first-order valence-electron chi connectivity index (χ1n) is 10.1. The number of anilines is 1. The van der Waals surface area contributed by atoms with Crippen molar-refractivity contribution in [3.05, 3.63) is 82.9 Å². The van der Waals surface area contributed by atoms with Gasteiger partial charge >= 0.3 is 0 Å². The molecule has 1 N–H and O–H groups in total. The molecule has 0 aliphatic heterocycles. The third kappa shape index (κ3) is 6.25. The molecule has 0 heterocycles. The lowest BCUT2D eigenvalue weighted by Gasteiger charge is -2.22. The van der Waals surface area contributed by atoms with Crippen LogP contribution in [-0.4, -0.2) is 39.4 Å². The van der Waals surface area contributed by atoms with Gasteiger partial charge in [-0.25, -0.2) is 8.42 Å². The predicted octanol–water partition coefficient (Wildman–Crippen LogP) is 4.50. The van der Waals surface area contributed by atoms with Crippen LogP contribution in [0.1, 0.15) is 11.1 Å². The van der Waals surface area contributed by atoms with E-state index < -0.39 is 22.5 Å². The predicted molar refractivity (Wildman–Crippen MR) is 128 cm³/mol. The number of hydrogen-bond acceptors (Lipinski definition) is 5. The molecule has 3 aromatic rings. The smallest absolute Gasteiger partial charge is 0.243 e. The van der Waals surface area contributed by atoms with Gasteiger partial charge in [-0.15, -0.1) is 0 Å². The van der Waals surface area contributed by atoms with E-state index in [1.165, 1.54) is 26.4 Å². The van der Waals surface area contributed by atoms with Gasteiger partial charge in [-0.1, -0.05) is 41.4 Å². The van der Waals surface area contributed by atoms with Crippen molar-refractivity contribution in [2.24, 2.45) is 0 Å². The minimum atomic E-state index is -3.97. The van der Waals surface area contributed by atoms with E-state index in [4.69, 9.17) is 21.1 Å². The Labute approximate surface area is 198 Å². The minimum absolute atomic E-state index is 0.0283. The summed E-state index contributed by atoms with van der Waals surface area (Å²) < 4.78 is 38.4. The van der Waals surface area contributed by atoms with Crippen molar-refractivity contribution in [1.29, 1.82) is 0 Å². The highest BCUT2D eigenvalue weighted by Crippen LogP contribution is 2.29. The highest BCUT2D eigenvalue weighted by atomic mass is 35.5. The molecule has 33 heavy (non-hydrogen) atoms. The van der Waals surface area contributed by atoms with Crippen LogP contribution in [0.5, 0.6) is 11.5 Å². The summed E-state index contributed by atoms with van der Waals surface area (Å²) in [7, 11) is -0.986. The average Bonchev–Trinajstić information content (AvgIpc) is 2.79. The molecule has 0 unspecified atom stereocenters. The van der Waals surface area contributed by atoms with Crippen molar-refractivity contribution in [1.82, 2.24) is 4.31 Å². The van der Waals surface area contributed by atoms with Gasteiger partial charge in [0.05, 0.1) is 31.3 Å². The van der Waals surface area contributed by atoms with E-state index in [0.29, 0.717) is 27.8 Å². The normalized spacial score (nSPS) is 11.3. The average molecular weight is 489 g/mol. The van der Waals surface area contributed by atoms with Crippen LogP contribution in [-0.2, 0) is 21.4 Å². The summed E-state index contributed by atoms with van der Waals surface area (Å²) in [4.78, 5) is 13.0. The number of benzene rings is 3. The number of ether oxygens (including phenoxy) is 2. The molecule has 0 aromatic heterocycles. The Hall–Kier alpha value is -3.07. The van der Waals surface area contributed by atoms with Crippen LogP contribution in [0, 0.1) is 6.92 Å². The molecule has 0 aliphatic rings. The molecular formula is C24H25ClN2O5S. The lowest BCUT2D eigenvalue weighted by molar-refractivity contribution is -0.116. The van der Waals surface area contributed by atoms with Gasteiger partial charge in [0, 0.05) is 17.6 Å². The number of methoxy groups -OCH3 is 2. The van der Waals surface area contributed by atoms with Crippen LogP contribution in [0.3, 0.4) is 0 Å². The molecule has 0 saturated heterocycles. The molecule has 1 amide bonds. The van der Waals surface area contributed by atoms with E-state index in [1.807, 2.05) is 6.92 Å². The van der Waals surface area contributed by atoms with Crippen molar-refractivity contribution in [2.75, 3.05) is 26.1 Å². The molecule has 3 aromatic carbocycles. The lowest BCUT2D eigenvalue weighted by Crippen LogP contribution is -2.37. The maximum absolute atomic E-state index is 13.4. The van der Waals surface area contributed by atoms with E-state index >= 15 is 0 Å². The summed E-state index contributed by atoms with van der Waals surface area (Å²) in [6.07, 6.45) is 0. The van der Waals surface area contributed by atoms with Gasteiger partial charge in [0.2, 0.25) is 15.9 Å². The van der Waals surface area contributed by atoms with Gasteiger partial charge in [0.1, 0.15) is 11.5 Å². The van der Waals surface area contributed by atoms with Gasteiger partial charge in [-0.2, -0.15) is 4.31 Å². The second-order valence-corrected chi connectivity index (χ2v) is 9.70. The highest BCUT2D eigenvalue weighted by Gasteiger charge is 2.27. The molecule has 0 fully saturated rings. The summed E-state index contributed by atoms with van der Waals surface area (Å²) in [6.45, 7) is 1.43. The Kier molecular flexibility index (Phi) is 7.97. The van der Waals surface area contributed by atoms with Gasteiger partial charge in [-0.3, -0.25) is 4.79 Å². The first kappa shape index (κ1) is 24.6. The fraction of sp³-hybridized carbons (Fsp3) is 0.208. The van der Waals surface area contributed by atoms with E-state index in [9.17, 15) is 13.2 Å². The number of carbonyl (C=O) groups is 1. The van der Waals surface area contributed by atoms with Crippen LogP contribution in [0.4, 0.5) is 5.69 Å². The molecule has 3 rings (SSSR count). The number of aryl methyl sites for hydroxylation is 1. The Morgan fingerprint density at radius 3 is 2.36 bits per heavy atom. The number of halogens is 1. The second-order valence-electron chi connectivity index (χ2n) is 7.33. The van der Waals surface area contributed by atoms with Crippen molar-refractivity contribution < 1.29 is 22.7 Å². The molecule has 0 bridgehead atoms. The van der Waals surface area contributed by atoms with E-state index in [1.54, 1.807) is 54.6 Å². The van der Waals surface area contributed by atoms with Gasteiger partial charge in [0.15, 0.2) is 0 Å². The third-order valence-corrected chi connectivity index (χ3v) is 6.95. The molecular weight excluding hydrogens is 464 g/mol. The molecule has 9 heteroatoms. The summed E-state index contributed by atoms with van der Waals surface area (Å²) in [5.74, 6) is 0.417. The topological polar surface area (TPSA) is 84.9 Å². The Bertz CT molecular complexity index is 1230. The number of rotatable bonds is 9.